The van der Waals surface area contributed by atoms with Crippen LogP contribution in [0.2, 0.25) is 0 Å². The summed E-state index contributed by atoms with van der Waals surface area (Å²) in [5.74, 6) is 1.56. The highest BCUT2D eigenvalue weighted by molar-refractivity contribution is 5.42. The number of ether oxygens (including phenoxy) is 2. The minimum atomic E-state index is 0.775. The lowest BCUT2D eigenvalue weighted by Crippen LogP contribution is -1.99. The van der Waals surface area contributed by atoms with Gasteiger partial charge in [-0.1, -0.05) is 6.07 Å². The lowest BCUT2D eigenvalue weighted by Gasteiger charge is -2.09. The van der Waals surface area contributed by atoms with Crippen LogP contribution >= 0.6 is 0 Å². The minimum Gasteiger partial charge on any atom is -0.493 e. The van der Waals surface area contributed by atoms with E-state index in [0.717, 1.165) is 24.5 Å². The highest BCUT2D eigenvalue weighted by Gasteiger charge is 2.04. The van der Waals surface area contributed by atoms with Crippen LogP contribution in [0.4, 0.5) is 0 Å². The molecular weight excluding hydrogens is 214 g/mol. The molecule has 0 amide bonds. The third kappa shape index (κ3) is 2.81. The molecule has 0 spiro atoms. The van der Waals surface area contributed by atoms with Gasteiger partial charge in [-0.15, -0.1) is 0 Å². The Labute approximate surface area is 102 Å². The molecule has 2 aromatic rings. The zero-order valence-corrected chi connectivity index (χ0v) is 10.2. The van der Waals surface area contributed by atoms with E-state index in [1.54, 1.807) is 14.2 Å². The highest BCUT2D eigenvalue weighted by atomic mass is 16.5. The van der Waals surface area contributed by atoms with Crippen molar-refractivity contribution in [1.29, 1.82) is 0 Å². The summed E-state index contributed by atoms with van der Waals surface area (Å²) in [7, 11) is 3.31. The van der Waals surface area contributed by atoms with Crippen molar-refractivity contribution in [2.45, 2.75) is 13.0 Å². The topological polar surface area (TPSA) is 23.4 Å². The molecule has 0 aliphatic rings. The molecule has 1 aromatic heterocycles. The molecule has 0 saturated carbocycles. The SMILES string of the molecule is COc1ccc(CCn2cccc2)cc1OC. The van der Waals surface area contributed by atoms with Gasteiger partial charge in [0.1, 0.15) is 0 Å². The van der Waals surface area contributed by atoms with E-state index in [2.05, 4.69) is 23.0 Å². The van der Waals surface area contributed by atoms with E-state index in [4.69, 9.17) is 9.47 Å². The molecule has 0 bridgehead atoms. The molecule has 0 atom stereocenters. The number of aryl methyl sites for hydroxylation is 2. The minimum absolute atomic E-state index is 0.775. The van der Waals surface area contributed by atoms with Crippen molar-refractivity contribution in [3.8, 4) is 11.5 Å². The van der Waals surface area contributed by atoms with Gasteiger partial charge in [-0.3, -0.25) is 0 Å². The normalized spacial score (nSPS) is 10.2. The van der Waals surface area contributed by atoms with Crippen molar-refractivity contribution in [3.63, 3.8) is 0 Å². The van der Waals surface area contributed by atoms with Crippen LogP contribution in [-0.2, 0) is 13.0 Å². The second kappa shape index (κ2) is 5.43. The molecule has 3 heteroatoms. The van der Waals surface area contributed by atoms with Gasteiger partial charge < -0.3 is 14.0 Å². The average molecular weight is 231 g/mol. The molecule has 3 nitrogen and oxygen atoms in total. The average Bonchev–Trinajstić information content (AvgIpc) is 2.89. The number of hydrogen-bond donors (Lipinski definition) is 0. The van der Waals surface area contributed by atoms with E-state index in [1.807, 2.05) is 24.3 Å². The van der Waals surface area contributed by atoms with Gasteiger partial charge >= 0.3 is 0 Å². The molecule has 1 aromatic carbocycles. The fourth-order valence-corrected chi connectivity index (χ4v) is 1.81. The van der Waals surface area contributed by atoms with Gasteiger partial charge in [0.15, 0.2) is 11.5 Å². The van der Waals surface area contributed by atoms with Gasteiger partial charge in [0.05, 0.1) is 14.2 Å². The summed E-state index contributed by atoms with van der Waals surface area (Å²) in [6, 6.07) is 10.1. The first-order valence-corrected chi connectivity index (χ1v) is 5.65. The number of aromatic nitrogens is 1. The fraction of sp³-hybridized carbons (Fsp3) is 0.286. The summed E-state index contributed by atoms with van der Waals surface area (Å²) >= 11 is 0. The number of rotatable bonds is 5. The molecule has 0 aliphatic carbocycles. The highest BCUT2D eigenvalue weighted by Crippen LogP contribution is 2.27. The maximum absolute atomic E-state index is 5.28. The first-order valence-electron chi connectivity index (χ1n) is 5.65. The smallest absolute Gasteiger partial charge is 0.160 e. The zero-order valence-electron chi connectivity index (χ0n) is 10.2. The maximum Gasteiger partial charge on any atom is 0.160 e. The lowest BCUT2D eigenvalue weighted by atomic mass is 10.1. The Morgan fingerprint density at radius 2 is 1.71 bits per heavy atom. The Bertz CT molecular complexity index is 463. The molecule has 90 valence electrons. The monoisotopic (exact) mass is 231 g/mol. The molecule has 2 rings (SSSR count). The van der Waals surface area contributed by atoms with E-state index in [-0.39, 0.29) is 0 Å². The molecule has 0 unspecified atom stereocenters. The molecule has 17 heavy (non-hydrogen) atoms. The van der Waals surface area contributed by atoms with Gasteiger partial charge in [0.2, 0.25) is 0 Å². The molecule has 0 radical (unpaired) electrons. The van der Waals surface area contributed by atoms with Crippen molar-refractivity contribution in [2.24, 2.45) is 0 Å². The molecule has 0 fully saturated rings. The van der Waals surface area contributed by atoms with E-state index in [9.17, 15) is 0 Å². The Balaban J connectivity index is 2.06. The fourth-order valence-electron chi connectivity index (χ4n) is 1.81. The first kappa shape index (κ1) is 11.6. The maximum atomic E-state index is 5.28. The van der Waals surface area contributed by atoms with Crippen molar-refractivity contribution in [1.82, 2.24) is 4.57 Å². The van der Waals surface area contributed by atoms with E-state index >= 15 is 0 Å². The third-order valence-electron chi connectivity index (χ3n) is 2.77. The Kier molecular flexibility index (Phi) is 3.70. The number of hydrogen-bond acceptors (Lipinski definition) is 2. The predicted octanol–water partition coefficient (Wildman–Crippen LogP) is 2.75. The van der Waals surface area contributed by atoms with Crippen LogP contribution in [0.1, 0.15) is 5.56 Å². The molecule has 1 heterocycles. The summed E-state index contributed by atoms with van der Waals surface area (Å²) in [5.41, 5.74) is 1.25. The summed E-state index contributed by atoms with van der Waals surface area (Å²) in [6.45, 7) is 0.975. The van der Waals surface area contributed by atoms with Crippen LogP contribution in [0.15, 0.2) is 42.7 Å². The van der Waals surface area contributed by atoms with Crippen LogP contribution in [0.3, 0.4) is 0 Å². The zero-order chi connectivity index (χ0) is 12.1. The van der Waals surface area contributed by atoms with Gasteiger partial charge in [-0.2, -0.15) is 0 Å². The largest absolute Gasteiger partial charge is 0.493 e. The number of nitrogens with zero attached hydrogens (tertiary/aromatic N) is 1. The van der Waals surface area contributed by atoms with Crippen molar-refractivity contribution < 1.29 is 9.47 Å². The second-order valence-corrected chi connectivity index (χ2v) is 3.86. The van der Waals surface area contributed by atoms with Gasteiger partial charge in [-0.25, -0.2) is 0 Å². The third-order valence-corrected chi connectivity index (χ3v) is 2.77. The number of benzene rings is 1. The number of methoxy groups -OCH3 is 2. The van der Waals surface area contributed by atoms with E-state index in [1.165, 1.54) is 5.56 Å². The van der Waals surface area contributed by atoms with Crippen LogP contribution in [0.5, 0.6) is 11.5 Å². The molecule has 0 saturated heterocycles. The summed E-state index contributed by atoms with van der Waals surface area (Å²) < 4.78 is 12.7. The summed E-state index contributed by atoms with van der Waals surface area (Å²) in [4.78, 5) is 0. The van der Waals surface area contributed by atoms with Crippen molar-refractivity contribution in [3.05, 3.63) is 48.3 Å². The summed E-state index contributed by atoms with van der Waals surface area (Å²) in [6.07, 6.45) is 5.12. The van der Waals surface area contributed by atoms with E-state index < -0.39 is 0 Å². The molecule has 0 N–H and O–H groups in total. The van der Waals surface area contributed by atoms with Crippen LogP contribution in [-0.4, -0.2) is 18.8 Å². The second-order valence-electron chi connectivity index (χ2n) is 3.86. The lowest BCUT2D eigenvalue weighted by molar-refractivity contribution is 0.354. The van der Waals surface area contributed by atoms with Crippen LogP contribution < -0.4 is 9.47 Å². The van der Waals surface area contributed by atoms with Crippen molar-refractivity contribution in [2.75, 3.05) is 14.2 Å². The Hall–Kier alpha value is -1.90. The van der Waals surface area contributed by atoms with Crippen LogP contribution in [0.25, 0.3) is 0 Å². The van der Waals surface area contributed by atoms with Crippen LogP contribution in [0, 0.1) is 0 Å². The van der Waals surface area contributed by atoms with Crippen molar-refractivity contribution >= 4 is 0 Å². The summed E-state index contributed by atoms with van der Waals surface area (Å²) in [5, 5.41) is 0. The standard InChI is InChI=1S/C14H17NO2/c1-16-13-6-5-12(11-14(13)17-2)7-10-15-8-3-4-9-15/h3-6,8-9,11H,7,10H2,1-2H3. The van der Waals surface area contributed by atoms with E-state index in [0.29, 0.717) is 0 Å². The molecule has 0 aliphatic heterocycles. The van der Waals surface area contributed by atoms with Gasteiger partial charge in [0.25, 0.3) is 0 Å². The first-order chi connectivity index (χ1) is 8.33. The quantitative estimate of drug-likeness (QED) is 0.790. The Morgan fingerprint density at radius 3 is 2.35 bits per heavy atom. The molecular formula is C14H17NO2. The van der Waals surface area contributed by atoms with Gasteiger partial charge in [0, 0.05) is 18.9 Å². The predicted molar refractivity (Wildman–Crippen MR) is 67.7 cm³/mol. The Morgan fingerprint density at radius 1 is 1.00 bits per heavy atom. The van der Waals surface area contributed by atoms with Gasteiger partial charge in [-0.05, 0) is 36.2 Å².